The van der Waals surface area contributed by atoms with Gasteiger partial charge in [-0.25, -0.2) is 14.5 Å². The molecule has 2 aliphatic heterocycles. The van der Waals surface area contributed by atoms with Crippen LogP contribution in [0.25, 0.3) is 17.0 Å². The van der Waals surface area contributed by atoms with E-state index in [1.165, 1.54) is 11.1 Å². The monoisotopic (exact) mass is 553 g/mol. The van der Waals surface area contributed by atoms with Crippen LogP contribution in [0.4, 0.5) is 5.82 Å². The van der Waals surface area contributed by atoms with Gasteiger partial charge in [-0.1, -0.05) is 24.3 Å². The summed E-state index contributed by atoms with van der Waals surface area (Å²) in [6.07, 6.45) is 6.91. The van der Waals surface area contributed by atoms with E-state index < -0.39 is 0 Å². The van der Waals surface area contributed by atoms with E-state index in [2.05, 4.69) is 58.0 Å². The third-order valence-electron chi connectivity index (χ3n) is 8.59. The fourth-order valence-electron chi connectivity index (χ4n) is 6.22. The van der Waals surface area contributed by atoms with Crippen molar-refractivity contribution in [2.45, 2.75) is 53.5 Å². The summed E-state index contributed by atoms with van der Waals surface area (Å²) in [5, 5.41) is 4.53. The first-order chi connectivity index (χ1) is 19.8. The Balaban J connectivity index is 1.06. The zero-order valence-corrected chi connectivity index (χ0v) is 24.5. The van der Waals surface area contributed by atoms with Gasteiger partial charge in [0.05, 0.1) is 18.1 Å². The van der Waals surface area contributed by atoms with E-state index in [-0.39, 0.29) is 5.91 Å². The lowest BCUT2D eigenvalue weighted by Crippen LogP contribution is -2.33. The van der Waals surface area contributed by atoms with Crippen LogP contribution in [0.15, 0.2) is 36.7 Å². The van der Waals surface area contributed by atoms with Crippen molar-refractivity contribution in [1.82, 2.24) is 39.3 Å². The first-order valence-corrected chi connectivity index (χ1v) is 14.7. The Morgan fingerprint density at radius 3 is 2.54 bits per heavy atom. The molecule has 6 rings (SSSR count). The Hall–Kier alpha value is -3.92. The van der Waals surface area contributed by atoms with E-state index in [1.807, 2.05) is 28.7 Å². The number of hydrogen-bond donors (Lipinski definition) is 0. The maximum Gasteiger partial charge on any atom is 0.252 e. The van der Waals surface area contributed by atoms with Gasteiger partial charge in [-0.2, -0.15) is 10.1 Å². The number of anilines is 1. The Morgan fingerprint density at radius 1 is 0.951 bits per heavy atom. The molecule has 10 nitrogen and oxygen atoms in total. The van der Waals surface area contributed by atoms with Crippen molar-refractivity contribution < 1.29 is 4.79 Å². The standard InChI is InChI=1S/C31H39N9O/c1-21-28(22(2)40-31(34-21)35-23(3)36-40)16-26-10-13-39(20-26)30-18-32-29(17-33-30)27-8-6-25(7-9-27)19-37-11-5-12-38(15-14-37)24(4)41/h6-9,17-18,26H,5,10-16,19-20H2,1-4H3/t26-/m0/s1. The van der Waals surface area contributed by atoms with Crippen molar-refractivity contribution in [3.8, 4) is 11.3 Å². The van der Waals surface area contributed by atoms with Crippen LogP contribution in [0, 0.1) is 26.7 Å². The van der Waals surface area contributed by atoms with E-state index in [1.54, 1.807) is 6.92 Å². The van der Waals surface area contributed by atoms with Crippen molar-refractivity contribution >= 4 is 17.5 Å². The Bertz CT molecular complexity index is 1530. The number of carbonyl (C=O) groups excluding carboxylic acids is 1. The summed E-state index contributed by atoms with van der Waals surface area (Å²) in [7, 11) is 0. The van der Waals surface area contributed by atoms with Gasteiger partial charge in [-0.3, -0.25) is 14.7 Å². The molecule has 2 aliphatic rings. The van der Waals surface area contributed by atoms with Gasteiger partial charge in [0.25, 0.3) is 5.78 Å². The first-order valence-electron chi connectivity index (χ1n) is 14.7. The van der Waals surface area contributed by atoms with Crippen LogP contribution in [-0.4, -0.2) is 84.5 Å². The lowest BCUT2D eigenvalue weighted by Gasteiger charge is -2.21. The minimum Gasteiger partial charge on any atom is -0.355 e. The highest BCUT2D eigenvalue weighted by Gasteiger charge is 2.26. The van der Waals surface area contributed by atoms with Gasteiger partial charge >= 0.3 is 0 Å². The molecule has 1 amide bonds. The van der Waals surface area contributed by atoms with Gasteiger partial charge in [0.2, 0.25) is 5.91 Å². The molecule has 2 saturated heterocycles. The van der Waals surface area contributed by atoms with Crippen molar-refractivity contribution in [2.75, 3.05) is 44.2 Å². The molecule has 10 heteroatoms. The predicted molar refractivity (Wildman–Crippen MR) is 159 cm³/mol. The second-order valence-corrected chi connectivity index (χ2v) is 11.5. The molecule has 41 heavy (non-hydrogen) atoms. The van der Waals surface area contributed by atoms with Crippen LogP contribution in [-0.2, 0) is 17.8 Å². The van der Waals surface area contributed by atoms with E-state index in [0.717, 1.165) is 99.4 Å². The number of hydrogen-bond acceptors (Lipinski definition) is 8. The number of aryl methyl sites for hydroxylation is 3. The maximum absolute atomic E-state index is 11.7. The molecular weight excluding hydrogens is 514 g/mol. The molecule has 5 heterocycles. The molecule has 0 aliphatic carbocycles. The summed E-state index contributed by atoms with van der Waals surface area (Å²) in [4.78, 5) is 37.1. The van der Waals surface area contributed by atoms with Crippen LogP contribution < -0.4 is 4.90 Å². The highest BCUT2D eigenvalue weighted by atomic mass is 16.2. The average Bonchev–Trinajstić information content (AvgIpc) is 3.51. The molecule has 0 bridgehead atoms. The molecule has 0 radical (unpaired) electrons. The van der Waals surface area contributed by atoms with Crippen molar-refractivity contribution in [1.29, 1.82) is 0 Å². The number of rotatable bonds is 6. The molecule has 1 aromatic carbocycles. The van der Waals surface area contributed by atoms with Crippen LogP contribution in [0.2, 0.25) is 0 Å². The number of fused-ring (bicyclic) bond motifs is 1. The molecule has 214 valence electrons. The quantitative estimate of drug-likeness (QED) is 0.357. The molecule has 1 atom stereocenters. The minimum atomic E-state index is 0.173. The average molecular weight is 554 g/mol. The predicted octanol–water partition coefficient (Wildman–Crippen LogP) is 3.63. The lowest BCUT2D eigenvalue weighted by molar-refractivity contribution is -0.128. The summed E-state index contributed by atoms with van der Waals surface area (Å²) in [6.45, 7) is 14.2. The molecule has 0 saturated carbocycles. The normalized spacial score (nSPS) is 18.3. The van der Waals surface area contributed by atoms with Gasteiger partial charge in [0.1, 0.15) is 11.6 Å². The summed E-state index contributed by atoms with van der Waals surface area (Å²) in [5.41, 5.74) is 6.68. The Labute approximate surface area is 241 Å². The highest BCUT2D eigenvalue weighted by Crippen LogP contribution is 2.28. The number of nitrogens with zero attached hydrogens (tertiary/aromatic N) is 9. The molecule has 0 N–H and O–H groups in total. The lowest BCUT2D eigenvalue weighted by atomic mass is 9.96. The summed E-state index contributed by atoms with van der Waals surface area (Å²) < 4.78 is 1.87. The zero-order chi connectivity index (χ0) is 28.5. The minimum absolute atomic E-state index is 0.173. The van der Waals surface area contributed by atoms with Gasteiger partial charge < -0.3 is 9.80 Å². The van der Waals surface area contributed by atoms with Crippen molar-refractivity contribution in [2.24, 2.45) is 5.92 Å². The van der Waals surface area contributed by atoms with Gasteiger partial charge in [-0.05, 0) is 57.1 Å². The number of carbonyl (C=O) groups is 1. The Morgan fingerprint density at radius 2 is 1.78 bits per heavy atom. The van der Waals surface area contributed by atoms with Crippen LogP contribution in [0.1, 0.15) is 48.1 Å². The second-order valence-electron chi connectivity index (χ2n) is 11.5. The summed E-state index contributed by atoms with van der Waals surface area (Å²) in [6, 6.07) is 8.63. The summed E-state index contributed by atoms with van der Waals surface area (Å²) >= 11 is 0. The van der Waals surface area contributed by atoms with Crippen LogP contribution in [0.3, 0.4) is 0 Å². The van der Waals surface area contributed by atoms with E-state index >= 15 is 0 Å². The second kappa shape index (κ2) is 11.5. The van der Waals surface area contributed by atoms with Crippen molar-refractivity contribution in [3.05, 3.63) is 65.0 Å². The third kappa shape index (κ3) is 5.93. The molecular formula is C31H39N9O. The Kier molecular flexibility index (Phi) is 7.66. The maximum atomic E-state index is 11.7. The number of aromatic nitrogens is 6. The summed E-state index contributed by atoms with van der Waals surface area (Å²) in [5.74, 6) is 3.06. The molecule has 3 aromatic heterocycles. The third-order valence-corrected chi connectivity index (χ3v) is 8.59. The van der Waals surface area contributed by atoms with E-state index in [9.17, 15) is 4.79 Å². The van der Waals surface area contributed by atoms with Gasteiger partial charge in [0, 0.05) is 69.7 Å². The highest BCUT2D eigenvalue weighted by molar-refractivity contribution is 5.73. The van der Waals surface area contributed by atoms with Crippen LogP contribution >= 0.6 is 0 Å². The van der Waals surface area contributed by atoms with Crippen molar-refractivity contribution in [3.63, 3.8) is 0 Å². The van der Waals surface area contributed by atoms with E-state index in [0.29, 0.717) is 11.7 Å². The SMILES string of the molecule is CC(=O)N1CCCN(Cc2ccc(-c3cnc(N4CC[C@@H](Cc5c(C)nc6nc(C)nn6c5C)C4)cn3)cc2)CC1. The number of amides is 1. The smallest absolute Gasteiger partial charge is 0.252 e. The molecule has 0 unspecified atom stereocenters. The number of benzene rings is 1. The van der Waals surface area contributed by atoms with Crippen LogP contribution in [0.5, 0.6) is 0 Å². The van der Waals surface area contributed by atoms with Gasteiger partial charge in [0.15, 0.2) is 0 Å². The molecule has 0 spiro atoms. The largest absolute Gasteiger partial charge is 0.355 e. The molecule has 2 fully saturated rings. The zero-order valence-electron chi connectivity index (χ0n) is 24.5. The topological polar surface area (TPSA) is 95.7 Å². The fraction of sp³-hybridized carbons (Fsp3) is 0.484. The van der Waals surface area contributed by atoms with E-state index in [4.69, 9.17) is 15.0 Å². The molecule has 4 aromatic rings. The fourth-order valence-corrected chi connectivity index (χ4v) is 6.22. The van der Waals surface area contributed by atoms with Gasteiger partial charge in [-0.15, -0.1) is 0 Å². The first kappa shape index (κ1) is 27.3.